The lowest BCUT2D eigenvalue weighted by Gasteiger charge is -2.03. The van der Waals surface area contributed by atoms with E-state index in [1.807, 2.05) is 0 Å². The van der Waals surface area contributed by atoms with Gasteiger partial charge in [-0.05, 0) is 24.3 Å². The van der Waals surface area contributed by atoms with Gasteiger partial charge in [0, 0.05) is 5.69 Å². The highest BCUT2D eigenvalue weighted by atomic mass is 16.4. The zero-order chi connectivity index (χ0) is 12.3. The molecule has 3 N–H and O–H groups in total. The monoisotopic (exact) mass is 232 g/mol. The molecule has 7 heteroatoms. The zero-order valence-corrected chi connectivity index (χ0v) is 8.54. The van der Waals surface area contributed by atoms with Gasteiger partial charge in [0.15, 0.2) is 5.82 Å². The molecule has 0 atom stereocenters. The normalized spacial score (nSPS) is 9.88. The average molecular weight is 232 g/mol. The number of aromatic nitrogens is 3. The summed E-state index contributed by atoms with van der Waals surface area (Å²) in [5, 5.41) is 17.3. The Morgan fingerprint density at radius 1 is 1.29 bits per heavy atom. The predicted molar refractivity (Wildman–Crippen MR) is 59.3 cm³/mol. The predicted octanol–water partition coefficient (Wildman–Crippen LogP) is 0.607. The van der Waals surface area contributed by atoms with Gasteiger partial charge in [0.1, 0.15) is 0 Å². The first-order chi connectivity index (χ1) is 8.15. The largest absolute Gasteiger partial charge is 0.478 e. The van der Waals surface area contributed by atoms with E-state index in [0.29, 0.717) is 5.69 Å². The first-order valence-electron chi connectivity index (χ1n) is 4.67. The molecule has 0 amide bonds. The molecule has 1 heterocycles. The van der Waals surface area contributed by atoms with E-state index in [2.05, 4.69) is 20.5 Å². The fraction of sp³-hybridized carbons (Fsp3) is 0. The molecule has 17 heavy (non-hydrogen) atoms. The van der Waals surface area contributed by atoms with Crippen molar-refractivity contribution in [3.05, 3.63) is 46.5 Å². The summed E-state index contributed by atoms with van der Waals surface area (Å²) >= 11 is 0. The van der Waals surface area contributed by atoms with Gasteiger partial charge in [-0.1, -0.05) is 0 Å². The van der Waals surface area contributed by atoms with E-state index in [1.54, 1.807) is 12.1 Å². The fourth-order valence-corrected chi connectivity index (χ4v) is 1.22. The van der Waals surface area contributed by atoms with Crippen LogP contribution in [0, 0.1) is 0 Å². The lowest BCUT2D eigenvalue weighted by Crippen LogP contribution is -2.13. The summed E-state index contributed by atoms with van der Waals surface area (Å²) in [5.74, 6) is -0.704. The van der Waals surface area contributed by atoms with Gasteiger partial charge in [-0.3, -0.25) is 0 Å². The molecule has 1 aromatic carbocycles. The van der Waals surface area contributed by atoms with Gasteiger partial charge in [-0.2, -0.15) is 10.1 Å². The molecule has 0 saturated heterocycles. The molecule has 86 valence electrons. The molecule has 0 aliphatic rings. The van der Waals surface area contributed by atoms with Crippen LogP contribution in [0.4, 0.5) is 11.5 Å². The summed E-state index contributed by atoms with van der Waals surface area (Å²) in [7, 11) is 0. The molecule has 0 unspecified atom stereocenters. The maximum Gasteiger partial charge on any atom is 0.363 e. The summed E-state index contributed by atoms with van der Waals surface area (Å²) in [6.45, 7) is 0. The number of carboxylic acids is 1. The third-order valence-corrected chi connectivity index (χ3v) is 1.97. The standard InChI is InChI=1S/C10H8N4O3/c15-9(16)6-1-3-7(4-2-6)12-8-5-11-14-10(17)13-8/h1-5H,(H,15,16)(H2,12,13,14,17). The topological polar surface area (TPSA) is 108 Å². The number of anilines is 2. The molecule has 1 aromatic heterocycles. The van der Waals surface area contributed by atoms with Gasteiger partial charge in [-0.15, -0.1) is 0 Å². The van der Waals surface area contributed by atoms with E-state index < -0.39 is 11.7 Å². The van der Waals surface area contributed by atoms with E-state index in [-0.39, 0.29) is 11.4 Å². The van der Waals surface area contributed by atoms with E-state index in [4.69, 9.17) is 5.11 Å². The number of aromatic carboxylic acids is 1. The van der Waals surface area contributed by atoms with Crippen molar-refractivity contribution in [2.75, 3.05) is 5.32 Å². The number of hydrogen-bond acceptors (Lipinski definition) is 5. The minimum Gasteiger partial charge on any atom is -0.478 e. The van der Waals surface area contributed by atoms with Crippen LogP contribution in [0.2, 0.25) is 0 Å². The summed E-state index contributed by atoms with van der Waals surface area (Å²) in [4.78, 5) is 25.1. The minimum atomic E-state index is -0.993. The number of carboxylic acid groups (broad SMARTS) is 1. The molecule has 0 aliphatic carbocycles. The molecule has 7 nitrogen and oxygen atoms in total. The maximum atomic E-state index is 10.9. The molecule has 0 saturated carbocycles. The minimum absolute atomic E-state index is 0.188. The Morgan fingerprint density at radius 3 is 2.59 bits per heavy atom. The van der Waals surface area contributed by atoms with Crippen LogP contribution in [0.15, 0.2) is 35.3 Å². The van der Waals surface area contributed by atoms with Crippen molar-refractivity contribution < 1.29 is 9.90 Å². The zero-order valence-electron chi connectivity index (χ0n) is 8.54. The second-order valence-electron chi connectivity index (χ2n) is 3.18. The number of aromatic amines is 1. The molecule has 0 spiro atoms. The van der Waals surface area contributed by atoms with Gasteiger partial charge in [0.25, 0.3) is 0 Å². The molecular formula is C10H8N4O3. The second kappa shape index (κ2) is 4.44. The van der Waals surface area contributed by atoms with Gasteiger partial charge in [0.05, 0.1) is 11.8 Å². The number of carbonyl (C=O) groups is 1. The van der Waals surface area contributed by atoms with E-state index in [9.17, 15) is 9.59 Å². The molecule has 2 aromatic rings. The summed E-state index contributed by atoms with van der Waals surface area (Å²) in [6.07, 6.45) is 1.35. The first-order valence-corrected chi connectivity index (χ1v) is 4.67. The molecular weight excluding hydrogens is 224 g/mol. The van der Waals surface area contributed by atoms with Crippen molar-refractivity contribution in [3.63, 3.8) is 0 Å². The van der Waals surface area contributed by atoms with Gasteiger partial charge >= 0.3 is 11.7 Å². The Balaban J connectivity index is 2.19. The van der Waals surface area contributed by atoms with Crippen LogP contribution < -0.4 is 11.0 Å². The van der Waals surface area contributed by atoms with Gasteiger partial charge in [-0.25, -0.2) is 14.7 Å². The maximum absolute atomic E-state index is 10.9. The van der Waals surface area contributed by atoms with Crippen LogP contribution in [0.3, 0.4) is 0 Å². The number of hydrogen-bond donors (Lipinski definition) is 3. The van der Waals surface area contributed by atoms with Crippen LogP contribution in [0.5, 0.6) is 0 Å². The number of H-pyrrole nitrogens is 1. The van der Waals surface area contributed by atoms with Crippen LogP contribution in [0.1, 0.15) is 10.4 Å². The quantitative estimate of drug-likeness (QED) is 0.715. The van der Waals surface area contributed by atoms with Crippen molar-refractivity contribution in [3.8, 4) is 0 Å². The SMILES string of the molecule is O=C(O)c1ccc(Nc2cn[nH]c(=O)n2)cc1. The number of benzene rings is 1. The molecule has 0 fully saturated rings. The molecule has 0 aliphatic heterocycles. The van der Waals surface area contributed by atoms with Crippen LogP contribution in [-0.4, -0.2) is 26.3 Å². The number of rotatable bonds is 3. The lowest BCUT2D eigenvalue weighted by atomic mass is 10.2. The van der Waals surface area contributed by atoms with Crippen LogP contribution >= 0.6 is 0 Å². The van der Waals surface area contributed by atoms with E-state index >= 15 is 0 Å². The van der Waals surface area contributed by atoms with Crippen molar-refractivity contribution in [2.45, 2.75) is 0 Å². The molecule has 0 bridgehead atoms. The summed E-state index contributed by atoms with van der Waals surface area (Å²) in [5.41, 5.74) is 0.250. The Bertz CT molecular complexity index is 591. The first kappa shape index (κ1) is 10.8. The molecule has 2 rings (SSSR count). The van der Waals surface area contributed by atoms with Crippen molar-refractivity contribution in [1.82, 2.24) is 15.2 Å². The van der Waals surface area contributed by atoms with Gasteiger partial charge < -0.3 is 10.4 Å². The van der Waals surface area contributed by atoms with Crippen LogP contribution in [-0.2, 0) is 0 Å². The third-order valence-electron chi connectivity index (χ3n) is 1.97. The van der Waals surface area contributed by atoms with Gasteiger partial charge in [0.2, 0.25) is 0 Å². The smallest absolute Gasteiger partial charge is 0.363 e. The lowest BCUT2D eigenvalue weighted by molar-refractivity contribution is 0.0697. The summed E-state index contributed by atoms with van der Waals surface area (Å²) < 4.78 is 0. The van der Waals surface area contributed by atoms with Crippen molar-refractivity contribution in [2.24, 2.45) is 0 Å². The van der Waals surface area contributed by atoms with Crippen molar-refractivity contribution in [1.29, 1.82) is 0 Å². The number of nitrogens with zero attached hydrogens (tertiary/aromatic N) is 2. The highest BCUT2D eigenvalue weighted by Gasteiger charge is 2.02. The summed E-state index contributed by atoms with van der Waals surface area (Å²) in [6, 6.07) is 6.05. The second-order valence-corrected chi connectivity index (χ2v) is 3.18. The third kappa shape index (κ3) is 2.65. The Labute approximate surface area is 95.1 Å². The van der Waals surface area contributed by atoms with E-state index in [0.717, 1.165) is 0 Å². The Morgan fingerprint density at radius 2 is 2.00 bits per heavy atom. The Hall–Kier alpha value is -2.70. The van der Waals surface area contributed by atoms with Crippen LogP contribution in [0.25, 0.3) is 0 Å². The Kier molecular flexibility index (Phi) is 2.82. The number of nitrogens with one attached hydrogen (secondary N) is 2. The van der Waals surface area contributed by atoms with E-state index in [1.165, 1.54) is 18.3 Å². The molecule has 0 radical (unpaired) electrons. The van der Waals surface area contributed by atoms with Crippen molar-refractivity contribution >= 4 is 17.5 Å². The fourth-order valence-electron chi connectivity index (χ4n) is 1.22. The average Bonchev–Trinajstić information content (AvgIpc) is 2.29. The highest BCUT2D eigenvalue weighted by Crippen LogP contribution is 2.13. The highest BCUT2D eigenvalue weighted by molar-refractivity contribution is 5.88.